The van der Waals surface area contributed by atoms with Crippen molar-refractivity contribution in [2.24, 2.45) is 0 Å². The number of ketones is 2. The first-order chi connectivity index (χ1) is 14.6. The van der Waals surface area contributed by atoms with Crippen molar-refractivity contribution in [3.8, 4) is 11.1 Å². The molecule has 0 aliphatic rings. The molecule has 0 spiro atoms. The van der Waals surface area contributed by atoms with Crippen LogP contribution in [0.25, 0.3) is 11.1 Å². The fourth-order valence-corrected chi connectivity index (χ4v) is 3.95. The third-order valence-electron chi connectivity index (χ3n) is 5.31. The van der Waals surface area contributed by atoms with Gasteiger partial charge in [-0.05, 0) is 36.1 Å². The minimum Gasteiger partial charge on any atom is -0.289 e. The summed E-state index contributed by atoms with van der Waals surface area (Å²) in [6.07, 6.45) is 0. The lowest BCUT2D eigenvalue weighted by Gasteiger charge is -2.19. The van der Waals surface area contributed by atoms with E-state index in [9.17, 15) is 9.59 Å². The van der Waals surface area contributed by atoms with Gasteiger partial charge in [0.2, 0.25) is 0 Å². The number of benzene rings is 4. The van der Waals surface area contributed by atoms with Crippen LogP contribution in [-0.2, 0) is 0 Å². The van der Waals surface area contributed by atoms with Crippen molar-refractivity contribution in [2.75, 3.05) is 0 Å². The van der Waals surface area contributed by atoms with Crippen LogP contribution in [0.4, 0.5) is 0 Å². The molecule has 0 amide bonds. The quantitative estimate of drug-likeness (QED) is 0.368. The van der Waals surface area contributed by atoms with Crippen molar-refractivity contribution in [3.05, 3.63) is 130 Å². The number of carbonyl (C=O) groups excluding carboxylic acids is 2. The van der Waals surface area contributed by atoms with Crippen LogP contribution in [0.1, 0.15) is 43.0 Å². The molecule has 0 radical (unpaired) electrons. The summed E-state index contributed by atoms with van der Waals surface area (Å²) in [6.45, 7) is 3.90. The number of aryl methyl sites for hydroxylation is 2. The van der Waals surface area contributed by atoms with Gasteiger partial charge in [0.25, 0.3) is 0 Å². The molecule has 4 aromatic carbocycles. The smallest absolute Gasteiger partial charge is 0.194 e. The van der Waals surface area contributed by atoms with Crippen LogP contribution in [0.3, 0.4) is 0 Å². The summed E-state index contributed by atoms with van der Waals surface area (Å²) in [6, 6.07) is 30.1. The summed E-state index contributed by atoms with van der Waals surface area (Å²) in [4.78, 5) is 27.3. The molecule has 0 unspecified atom stereocenters. The number of rotatable bonds is 5. The van der Waals surface area contributed by atoms with E-state index in [0.717, 1.165) is 22.3 Å². The zero-order valence-corrected chi connectivity index (χ0v) is 17.1. The zero-order chi connectivity index (χ0) is 21.1. The van der Waals surface area contributed by atoms with Crippen LogP contribution >= 0.6 is 0 Å². The molecule has 30 heavy (non-hydrogen) atoms. The van der Waals surface area contributed by atoms with Gasteiger partial charge < -0.3 is 0 Å². The van der Waals surface area contributed by atoms with Gasteiger partial charge in [0, 0.05) is 22.3 Å². The van der Waals surface area contributed by atoms with Crippen LogP contribution in [0.2, 0.25) is 0 Å². The van der Waals surface area contributed by atoms with Crippen molar-refractivity contribution >= 4 is 11.6 Å². The average Bonchev–Trinajstić information content (AvgIpc) is 2.79. The van der Waals surface area contributed by atoms with Gasteiger partial charge >= 0.3 is 0 Å². The molecule has 0 heterocycles. The van der Waals surface area contributed by atoms with Gasteiger partial charge in [-0.3, -0.25) is 9.59 Å². The Labute approximate surface area is 176 Å². The van der Waals surface area contributed by atoms with E-state index in [2.05, 4.69) is 0 Å². The van der Waals surface area contributed by atoms with E-state index < -0.39 is 0 Å². The molecule has 0 bridgehead atoms. The monoisotopic (exact) mass is 390 g/mol. The highest BCUT2D eigenvalue weighted by Gasteiger charge is 2.27. The molecule has 0 atom stereocenters. The first-order valence-corrected chi connectivity index (χ1v) is 9.97. The van der Waals surface area contributed by atoms with Gasteiger partial charge in [-0.1, -0.05) is 97.1 Å². The highest BCUT2D eigenvalue weighted by molar-refractivity contribution is 6.23. The molecule has 0 saturated carbocycles. The summed E-state index contributed by atoms with van der Waals surface area (Å²) in [5.41, 5.74) is 5.61. The predicted octanol–water partition coefficient (Wildman–Crippen LogP) is 6.43. The van der Waals surface area contributed by atoms with E-state index in [1.807, 2.05) is 86.6 Å². The summed E-state index contributed by atoms with van der Waals surface area (Å²) >= 11 is 0. The van der Waals surface area contributed by atoms with Crippen molar-refractivity contribution in [1.82, 2.24) is 0 Å². The first kappa shape index (κ1) is 19.5. The summed E-state index contributed by atoms with van der Waals surface area (Å²) in [5.74, 6) is -0.273. The number of hydrogen-bond acceptors (Lipinski definition) is 2. The molecule has 146 valence electrons. The maximum Gasteiger partial charge on any atom is 0.194 e. The van der Waals surface area contributed by atoms with Crippen LogP contribution in [0.15, 0.2) is 97.1 Å². The molecule has 0 N–H and O–H groups in total. The van der Waals surface area contributed by atoms with Crippen molar-refractivity contribution in [1.29, 1.82) is 0 Å². The lowest BCUT2D eigenvalue weighted by atomic mass is 9.82. The Morgan fingerprint density at radius 3 is 1.47 bits per heavy atom. The largest absolute Gasteiger partial charge is 0.289 e. The maximum absolute atomic E-state index is 13.7. The van der Waals surface area contributed by atoms with E-state index in [-0.39, 0.29) is 11.6 Å². The van der Waals surface area contributed by atoms with Gasteiger partial charge in [0.15, 0.2) is 11.6 Å². The number of hydrogen-bond donors (Lipinski definition) is 0. The third kappa shape index (κ3) is 3.60. The second-order valence-corrected chi connectivity index (χ2v) is 7.39. The lowest BCUT2D eigenvalue weighted by Crippen LogP contribution is -2.15. The van der Waals surface area contributed by atoms with Gasteiger partial charge in [0.1, 0.15) is 0 Å². The standard InChI is InChI=1S/C28H22O2/c1-19-18-20(2)25(27(29)22-14-8-4-9-15-22)26(24(19)21-12-6-3-7-13-21)28(30)23-16-10-5-11-17-23/h3-18H,1-2H3. The maximum atomic E-state index is 13.7. The molecule has 0 aliphatic heterocycles. The normalized spacial score (nSPS) is 10.6. The Morgan fingerprint density at radius 1 is 0.533 bits per heavy atom. The highest BCUT2D eigenvalue weighted by Crippen LogP contribution is 2.35. The van der Waals surface area contributed by atoms with E-state index in [1.165, 1.54) is 0 Å². The first-order valence-electron chi connectivity index (χ1n) is 9.97. The summed E-state index contributed by atoms with van der Waals surface area (Å²) in [7, 11) is 0. The van der Waals surface area contributed by atoms with E-state index in [4.69, 9.17) is 0 Å². The lowest BCUT2D eigenvalue weighted by molar-refractivity contribution is 0.100. The minimum absolute atomic E-state index is 0.135. The van der Waals surface area contributed by atoms with Crippen LogP contribution < -0.4 is 0 Å². The molecule has 2 nitrogen and oxygen atoms in total. The highest BCUT2D eigenvalue weighted by atomic mass is 16.1. The minimum atomic E-state index is -0.138. The molecule has 4 rings (SSSR count). The van der Waals surface area contributed by atoms with Crippen molar-refractivity contribution in [2.45, 2.75) is 13.8 Å². The number of carbonyl (C=O) groups is 2. The SMILES string of the molecule is Cc1cc(C)c(-c2ccccc2)c(C(=O)c2ccccc2)c1C(=O)c1ccccc1. The summed E-state index contributed by atoms with van der Waals surface area (Å²) < 4.78 is 0. The zero-order valence-electron chi connectivity index (χ0n) is 17.1. The Bertz CT molecular complexity index is 1210. The Kier molecular flexibility index (Phi) is 5.40. The Morgan fingerprint density at radius 2 is 0.967 bits per heavy atom. The van der Waals surface area contributed by atoms with E-state index >= 15 is 0 Å². The van der Waals surface area contributed by atoms with E-state index in [0.29, 0.717) is 22.3 Å². The van der Waals surface area contributed by atoms with E-state index in [1.54, 1.807) is 24.3 Å². The molecular formula is C28H22O2. The van der Waals surface area contributed by atoms with Crippen molar-refractivity contribution in [3.63, 3.8) is 0 Å². The third-order valence-corrected chi connectivity index (χ3v) is 5.31. The van der Waals surface area contributed by atoms with Crippen LogP contribution in [0, 0.1) is 13.8 Å². The van der Waals surface area contributed by atoms with Gasteiger partial charge in [-0.15, -0.1) is 0 Å². The molecule has 0 aliphatic carbocycles. The topological polar surface area (TPSA) is 34.1 Å². The van der Waals surface area contributed by atoms with Gasteiger partial charge in [-0.2, -0.15) is 0 Å². The average molecular weight is 390 g/mol. The molecule has 2 heteroatoms. The summed E-state index contributed by atoms with van der Waals surface area (Å²) in [5, 5.41) is 0. The predicted molar refractivity (Wildman–Crippen MR) is 121 cm³/mol. The van der Waals surface area contributed by atoms with Crippen LogP contribution in [0.5, 0.6) is 0 Å². The Hall–Kier alpha value is -3.78. The fourth-order valence-electron chi connectivity index (χ4n) is 3.95. The molecular weight excluding hydrogens is 368 g/mol. The van der Waals surface area contributed by atoms with Gasteiger partial charge in [-0.25, -0.2) is 0 Å². The fraction of sp³-hybridized carbons (Fsp3) is 0.0714. The molecule has 0 fully saturated rings. The van der Waals surface area contributed by atoms with Crippen molar-refractivity contribution < 1.29 is 9.59 Å². The molecule has 4 aromatic rings. The Balaban J connectivity index is 2.05. The molecule has 0 aromatic heterocycles. The van der Waals surface area contributed by atoms with Crippen LogP contribution in [-0.4, -0.2) is 11.6 Å². The molecule has 0 saturated heterocycles. The second kappa shape index (κ2) is 8.30. The van der Waals surface area contributed by atoms with Gasteiger partial charge in [0.05, 0.1) is 0 Å². The second-order valence-electron chi connectivity index (χ2n) is 7.39.